The second-order valence-corrected chi connectivity index (χ2v) is 8.43. The van der Waals surface area contributed by atoms with Crippen molar-refractivity contribution >= 4 is 29.3 Å². The molecule has 1 amide bonds. The lowest BCUT2D eigenvalue weighted by Crippen LogP contribution is -2.24. The summed E-state index contributed by atoms with van der Waals surface area (Å²) in [4.78, 5) is 21.5. The number of hydrogen-bond donors (Lipinski definition) is 1. The number of nitrogens with zero attached hydrogens (tertiary/aromatic N) is 5. The molecule has 10 heteroatoms. The van der Waals surface area contributed by atoms with Gasteiger partial charge >= 0.3 is 0 Å². The summed E-state index contributed by atoms with van der Waals surface area (Å²) >= 11 is 7.72. The lowest BCUT2D eigenvalue weighted by atomic mass is 10.2. The maximum Gasteiger partial charge on any atom is 0.274 e. The van der Waals surface area contributed by atoms with Crippen LogP contribution in [0.3, 0.4) is 0 Å². The van der Waals surface area contributed by atoms with Gasteiger partial charge in [-0.1, -0.05) is 46.8 Å². The van der Waals surface area contributed by atoms with Gasteiger partial charge in [0.05, 0.1) is 18.5 Å². The number of carbonyl (C=O) groups is 1. The van der Waals surface area contributed by atoms with Crippen LogP contribution >= 0.6 is 23.4 Å². The molecule has 0 atom stereocenters. The van der Waals surface area contributed by atoms with Crippen molar-refractivity contribution in [3.63, 3.8) is 0 Å². The van der Waals surface area contributed by atoms with Crippen molar-refractivity contribution in [2.24, 2.45) is 0 Å². The first-order chi connectivity index (χ1) is 16.0. The fourth-order valence-electron chi connectivity index (χ4n) is 3.07. The Hall–Kier alpha value is -3.43. The van der Waals surface area contributed by atoms with E-state index in [1.54, 1.807) is 36.3 Å². The van der Waals surface area contributed by atoms with E-state index < -0.39 is 0 Å². The summed E-state index contributed by atoms with van der Waals surface area (Å²) in [5.74, 6) is 0.792. The highest BCUT2D eigenvalue weighted by Gasteiger charge is 2.21. The Morgan fingerprint density at radius 2 is 1.97 bits per heavy atom. The molecule has 168 valence electrons. The number of thioether (sulfide) groups is 1. The fourth-order valence-corrected chi connectivity index (χ4v) is 4.04. The number of aryl methyl sites for hydroxylation is 1. The zero-order chi connectivity index (χ0) is 23.2. The number of amides is 1. The highest BCUT2D eigenvalue weighted by Crippen LogP contribution is 2.25. The summed E-state index contributed by atoms with van der Waals surface area (Å²) < 4.78 is 6.87. The minimum Gasteiger partial charge on any atom is -0.497 e. The van der Waals surface area contributed by atoms with Gasteiger partial charge in [-0.15, -0.1) is 5.10 Å². The van der Waals surface area contributed by atoms with Crippen LogP contribution in [-0.2, 0) is 12.3 Å². The van der Waals surface area contributed by atoms with E-state index >= 15 is 0 Å². The van der Waals surface area contributed by atoms with E-state index in [4.69, 9.17) is 16.3 Å². The summed E-state index contributed by atoms with van der Waals surface area (Å²) in [6.07, 6.45) is 3.35. The molecule has 0 unspecified atom stereocenters. The molecule has 1 N–H and O–H groups in total. The molecule has 0 spiro atoms. The molecule has 0 bridgehead atoms. The van der Waals surface area contributed by atoms with Gasteiger partial charge in [0.1, 0.15) is 5.75 Å². The van der Waals surface area contributed by atoms with Crippen LogP contribution in [-0.4, -0.2) is 38.0 Å². The van der Waals surface area contributed by atoms with Gasteiger partial charge in [-0.2, -0.15) is 0 Å². The Balaban J connectivity index is 1.60. The Morgan fingerprint density at radius 3 is 2.73 bits per heavy atom. The second kappa shape index (κ2) is 10.5. The minimum atomic E-state index is -0.327. The number of methoxy groups -OCH3 is 1. The number of hydrogen-bond acceptors (Lipinski definition) is 7. The van der Waals surface area contributed by atoms with Crippen molar-refractivity contribution in [2.45, 2.75) is 24.4 Å². The molecule has 2 aromatic carbocycles. The molecular weight excluding hydrogens is 460 g/mol. The lowest BCUT2D eigenvalue weighted by molar-refractivity contribution is 0.0945. The molecule has 0 saturated carbocycles. The van der Waals surface area contributed by atoms with Gasteiger partial charge in [0, 0.05) is 29.7 Å². The molecule has 0 aliphatic heterocycles. The first kappa shape index (κ1) is 22.8. The van der Waals surface area contributed by atoms with Crippen LogP contribution in [0, 0.1) is 6.92 Å². The van der Waals surface area contributed by atoms with E-state index in [1.165, 1.54) is 11.8 Å². The highest BCUT2D eigenvalue weighted by molar-refractivity contribution is 7.98. The second-order valence-electron chi connectivity index (χ2n) is 7.08. The number of aromatic nitrogens is 5. The third-order valence-electron chi connectivity index (χ3n) is 4.85. The van der Waals surface area contributed by atoms with Crippen LogP contribution in [0.25, 0.3) is 5.69 Å². The monoisotopic (exact) mass is 480 g/mol. The standard InChI is InChI=1S/C23H21ClN6O2S/c1-15-7-8-17(12-19(15)24)30-20(14-33-23-25-9-4-10-26-23)21(28-29-30)22(31)27-13-16-5-3-6-18(11-16)32-2/h3-12H,13-14H2,1-2H3,(H,27,31). The number of rotatable bonds is 8. The van der Waals surface area contributed by atoms with Crippen LogP contribution in [0.4, 0.5) is 0 Å². The zero-order valence-electron chi connectivity index (χ0n) is 18.0. The molecule has 33 heavy (non-hydrogen) atoms. The smallest absolute Gasteiger partial charge is 0.274 e. The Kier molecular flexibility index (Phi) is 7.21. The van der Waals surface area contributed by atoms with Gasteiger partial charge in [0.15, 0.2) is 10.9 Å². The number of halogens is 1. The first-order valence-corrected chi connectivity index (χ1v) is 11.4. The molecule has 0 fully saturated rings. The Labute approximate surface area is 200 Å². The quantitative estimate of drug-likeness (QED) is 0.297. The lowest BCUT2D eigenvalue weighted by Gasteiger charge is -2.10. The summed E-state index contributed by atoms with van der Waals surface area (Å²) in [6, 6.07) is 14.9. The maximum absolute atomic E-state index is 13.0. The molecule has 4 rings (SSSR count). The number of nitrogens with one attached hydrogen (secondary N) is 1. The van der Waals surface area contributed by atoms with E-state index in [9.17, 15) is 4.79 Å². The fraction of sp³-hybridized carbons (Fsp3) is 0.174. The van der Waals surface area contributed by atoms with Gasteiger partial charge < -0.3 is 10.1 Å². The first-order valence-electron chi connectivity index (χ1n) is 10.1. The largest absolute Gasteiger partial charge is 0.497 e. The predicted molar refractivity (Wildman–Crippen MR) is 127 cm³/mol. The Morgan fingerprint density at radius 1 is 1.15 bits per heavy atom. The maximum atomic E-state index is 13.0. The van der Waals surface area contributed by atoms with Crippen molar-refractivity contribution in [1.82, 2.24) is 30.3 Å². The molecule has 0 radical (unpaired) electrons. The van der Waals surface area contributed by atoms with Gasteiger partial charge in [-0.05, 0) is 48.4 Å². The average Bonchev–Trinajstić information content (AvgIpc) is 3.27. The van der Waals surface area contributed by atoms with E-state index in [1.807, 2.05) is 43.3 Å². The van der Waals surface area contributed by atoms with Gasteiger partial charge in [0.2, 0.25) is 0 Å². The molecule has 0 aliphatic carbocycles. The predicted octanol–water partition coefficient (Wildman–Crippen LogP) is 4.25. The van der Waals surface area contributed by atoms with Crippen LogP contribution in [0.2, 0.25) is 5.02 Å². The molecule has 0 aliphatic rings. The number of ether oxygens (including phenoxy) is 1. The molecule has 2 heterocycles. The normalized spacial score (nSPS) is 10.8. The van der Waals surface area contributed by atoms with Gasteiger partial charge in [-0.3, -0.25) is 4.79 Å². The van der Waals surface area contributed by atoms with Crippen molar-refractivity contribution in [3.8, 4) is 11.4 Å². The summed E-state index contributed by atoms with van der Waals surface area (Å²) in [5.41, 5.74) is 3.43. The van der Waals surface area contributed by atoms with Crippen LogP contribution < -0.4 is 10.1 Å². The molecule has 2 aromatic heterocycles. The molecule has 4 aromatic rings. The third-order valence-corrected chi connectivity index (χ3v) is 6.14. The summed E-state index contributed by atoms with van der Waals surface area (Å²) in [6.45, 7) is 2.25. The molecule has 8 nitrogen and oxygen atoms in total. The summed E-state index contributed by atoms with van der Waals surface area (Å²) in [7, 11) is 1.60. The Bertz CT molecular complexity index is 1270. The number of carbonyl (C=O) groups excluding carboxylic acids is 1. The van der Waals surface area contributed by atoms with Crippen LogP contribution in [0.1, 0.15) is 27.3 Å². The van der Waals surface area contributed by atoms with Gasteiger partial charge in [0.25, 0.3) is 5.91 Å². The molecule has 0 saturated heterocycles. The average molecular weight is 481 g/mol. The summed E-state index contributed by atoms with van der Waals surface area (Å²) in [5, 5.41) is 12.5. The van der Waals surface area contributed by atoms with E-state index in [-0.39, 0.29) is 11.6 Å². The van der Waals surface area contributed by atoms with Crippen molar-refractivity contribution in [1.29, 1.82) is 0 Å². The SMILES string of the molecule is COc1cccc(CNC(=O)c2nnn(-c3ccc(C)c(Cl)c3)c2CSc2ncccn2)c1. The number of benzene rings is 2. The topological polar surface area (TPSA) is 94.8 Å². The van der Waals surface area contributed by atoms with Crippen molar-refractivity contribution in [3.05, 3.63) is 88.5 Å². The van der Waals surface area contributed by atoms with Crippen molar-refractivity contribution in [2.75, 3.05) is 7.11 Å². The highest BCUT2D eigenvalue weighted by atomic mass is 35.5. The van der Waals surface area contributed by atoms with E-state index in [0.29, 0.717) is 28.2 Å². The van der Waals surface area contributed by atoms with Gasteiger partial charge in [-0.25, -0.2) is 14.6 Å². The van der Waals surface area contributed by atoms with E-state index in [2.05, 4.69) is 25.6 Å². The van der Waals surface area contributed by atoms with Crippen LogP contribution in [0.5, 0.6) is 5.75 Å². The third kappa shape index (κ3) is 5.50. The zero-order valence-corrected chi connectivity index (χ0v) is 19.6. The van der Waals surface area contributed by atoms with E-state index in [0.717, 1.165) is 22.6 Å². The minimum absolute atomic E-state index is 0.234. The van der Waals surface area contributed by atoms with Crippen LogP contribution in [0.15, 0.2) is 66.1 Å². The van der Waals surface area contributed by atoms with Crippen molar-refractivity contribution < 1.29 is 9.53 Å². The molecular formula is C23H21ClN6O2S.